The van der Waals surface area contributed by atoms with E-state index in [1.165, 1.54) is 0 Å². The van der Waals surface area contributed by atoms with Crippen LogP contribution >= 0.6 is 0 Å². The number of ether oxygens (including phenoxy) is 1. The van der Waals surface area contributed by atoms with E-state index in [4.69, 9.17) is 14.7 Å². The van der Waals surface area contributed by atoms with Crippen LogP contribution in [-0.4, -0.2) is 56.0 Å². The van der Waals surface area contributed by atoms with Gasteiger partial charge in [0.2, 0.25) is 5.95 Å². The van der Waals surface area contributed by atoms with Crippen molar-refractivity contribution >= 4 is 28.4 Å². The van der Waals surface area contributed by atoms with Crippen molar-refractivity contribution in [3.8, 4) is 22.6 Å². The van der Waals surface area contributed by atoms with Gasteiger partial charge in [-0.05, 0) is 37.3 Å². The smallest absolute Gasteiger partial charge is 0.378 e. The van der Waals surface area contributed by atoms with Crippen LogP contribution in [0.15, 0.2) is 54.7 Å². The summed E-state index contributed by atoms with van der Waals surface area (Å²) in [6.45, 7) is 4.54. The maximum atomic E-state index is 12.9. The number of fused-ring (bicyclic) bond motifs is 1. The van der Waals surface area contributed by atoms with Crippen molar-refractivity contribution in [1.29, 1.82) is 0 Å². The number of rotatable bonds is 5. The molecular weight excluding hydrogens is 509 g/mol. The Labute approximate surface area is 221 Å². The molecule has 5 aromatic rings. The number of H-pyrrole nitrogens is 1. The molecule has 0 amide bonds. The van der Waals surface area contributed by atoms with Crippen LogP contribution in [0.3, 0.4) is 0 Å². The van der Waals surface area contributed by atoms with Gasteiger partial charge in [-0.25, -0.2) is 9.97 Å². The Morgan fingerprint density at radius 2 is 1.72 bits per heavy atom. The highest BCUT2D eigenvalue weighted by Crippen LogP contribution is 2.31. The number of anilines is 3. The van der Waals surface area contributed by atoms with Crippen LogP contribution in [0.5, 0.6) is 0 Å². The van der Waals surface area contributed by atoms with Crippen molar-refractivity contribution in [2.24, 2.45) is 7.05 Å². The number of nitrogens with one attached hydrogen (secondary N) is 2. The fraction of sp³-hybridized carbons (Fsp3) is 0.259. The fourth-order valence-electron chi connectivity index (χ4n) is 4.62. The first-order valence-corrected chi connectivity index (χ1v) is 12.4. The average Bonchev–Trinajstić information content (AvgIpc) is 3.54. The summed E-state index contributed by atoms with van der Waals surface area (Å²) in [4.78, 5) is 17.9. The summed E-state index contributed by atoms with van der Waals surface area (Å²) in [5.74, 6) is 1.33. The van der Waals surface area contributed by atoms with Crippen LogP contribution in [0.25, 0.3) is 33.5 Å². The third-order valence-corrected chi connectivity index (χ3v) is 6.65. The van der Waals surface area contributed by atoms with Crippen LogP contribution in [-0.2, 0) is 18.0 Å². The lowest BCUT2D eigenvalue weighted by molar-refractivity contribution is -0.140. The molecule has 0 aliphatic carbocycles. The second-order valence-electron chi connectivity index (χ2n) is 9.32. The quantitative estimate of drug-likeness (QED) is 0.315. The molecule has 0 radical (unpaired) electrons. The fourth-order valence-corrected chi connectivity index (χ4v) is 4.62. The van der Waals surface area contributed by atoms with Gasteiger partial charge in [-0.1, -0.05) is 12.1 Å². The Bertz CT molecular complexity index is 1640. The molecule has 4 heterocycles. The lowest BCUT2D eigenvalue weighted by Gasteiger charge is -2.27. The van der Waals surface area contributed by atoms with Crippen LogP contribution < -0.4 is 10.2 Å². The predicted octanol–water partition coefficient (Wildman–Crippen LogP) is 5.33. The molecule has 0 atom stereocenters. The number of halogens is 3. The summed E-state index contributed by atoms with van der Waals surface area (Å²) < 4.78 is 46.2. The maximum absolute atomic E-state index is 12.9. The number of aryl methyl sites for hydroxylation is 2. The molecule has 200 valence electrons. The van der Waals surface area contributed by atoms with Gasteiger partial charge in [0.1, 0.15) is 17.3 Å². The van der Waals surface area contributed by atoms with Crippen molar-refractivity contribution in [1.82, 2.24) is 29.7 Å². The van der Waals surface area contributed by atoms with E-state index in [9.17, 15) is 13.2 Å². The van der Waals surface area contributed by atoms with Crippen molar-refractivity contribution in [3.05, 3.63) is 66.1 Å². The molecule has 2 N–H and O–H groups in total. The van der Waals surface area contributed by atoms with Gasteiger partial charge in [0.25, 0.3) is 0 Å². The normalized spacial score (nSPS) is 14.2. The number of alkyl halides is 3. The first-order chi connectivity index (χ1) is 18.7. The zero-order valence-corrected chi connectivity index (χ0v) is 21.3. The van der Waals surface area contributed by atoms with Crippen molar-refractivity contribution in [2.45, 2.75) is 13.1 Å². The number of imidazole rings is 1. The van der Waals surface area contributed by atoms with Gasteiger partial charge in [0.15, 0.2) is 0 Å². The molecule has 1 aliphatic heterocycles. The van der Waals surface area contributed by atoms with Crippen molar-refractivity contribution in [3.63, 3.8) is 0 Å². The summed E-state index contributed by atoms with van der Waals surface area (Å²) in [7, 11) is 1.92. The molecule has 39 heavy (non-hydrogen) atoms. The molecule has 1 fully saturated rings. The Balaban J connectivity index is 1.32. The molecule has 6 rings (SSSR count). The van der Waals surface area contributed by atoms with Gasteiger partial charge in [-0.2, -0.15) is 23.3 Å². The Morgan fingerprint density at radius 3 is 2.44 bits per heavy atom. The number of hydrogen-bond acceptors (Lipinski definition) is 7. The van der Waals surface area contributed by atoms with Crippen LogP contribution in [0.4, 0.5) is 30.6 Å². The van der Waals surface area contributed by atoms with Gasteiger partial charge < -0.3 is 19.9 Å². The molecule has 9 nitrogen and oxygen atoms in total. The minimum Gasteiger partial charge on any atom is -0.378 e. The van der Waals surface area contributed by atoms with Crippen LogP contribution in [0, 0.1) is 6.92 Å². The molecule has 0 unspecified atom stereocenters. The van der Waals surface area contributed by atoms with Gasteiger partial charge in [0, 0.05) is 48.4 Å². The highest BCUT2D eigenvalue weighted by Gasteiger charge is 2.33. The summed E-state index contributed by atoms with van der Waals surface area (Å²) in [6.07, 6.45) is -3.68. The van der Waals surface area contributed by atoms with Crippen molar-refractivity contribution in [2.75, 3.05) is 36.5 Å². The van der Waals surface area contributed by atoms with E-state index in [1.54, 1.807) is 24.3 Å². The summed E-state index contributed by atoms with van der Waals surface area (Å²) in [6, 6.07) is 15.0. The average molecular weight is 535 g/mol. The van der Waals surface area contributed by atoms with Crippen molar-refractivity contribution < 1.29 is 17.9 Å². The summed E-state index contributed by atoms with van der Waals surface area (Å²) in [5.41, 5.74) is 4.02. The number of hydrogen-bond donors (Lipinski definition) is 2. The van der Waals surface area contributed by atoms with Crippen LogP contribution in [0.1, 0.15) is 11.4 Å². The second kappa shape index (κ2) is 9.70. The maximum Gasteiger partial charge on any atom is 0.432 e. The second-order valence-corrected chi connectivity index (χ2v) is 9.32. The van der Waals surface area contributed by atoms with E-state index < -0.39 is 11.9 Å². The molecule has 1 saturated heterocycles. The molecule has 0 bridgehead atoms. The van der Waals surface area contributed by atoms with Gasteiger partial charge in [-0.3, -0.25) is 4.68 Å². The number of aromatic amines is 1. The van der Waals surface area contributed by atoms with E-state index in [1.807, 2.05) is 36.9 Å². The van der Waals surface area contributed by atoms with E-state index in [0.29, 0.717) is 43.6 Å². The van der Waals surface area contributed by atoms with E-state index in [2.05, 4.69) is 31.3 Å². The zero-order chi connectivity index (χ0) is 27.1. The molecule has 2 aromatic carbocycles. The lowest BCUT2D eigenvalue weighted by atomic mass is 10.1. The number of nitrogens with zero attached hydrogens (tertiary/aromatic N) is 6. The van der Waals surface area contributed by atoms with Gasteiger partial charge >= 0.3 is 6.18 Å². The SMILES string of the molecule is Cc1nn(C)c2cc(-c3cc(Nc4ccc(-c5ncc(C(F)(F)F)[nH]5)cc4)nc(N4CCOCC4)n3)ccc12. The minimum atomic E-state index is -4.48. The number of benzene rings is 2. The lowest BCUT2D eigenvalue weighted by Crippen LogP contribution is -2.37. The minimum absolute atomic E-state index is 0.147. The standard InChI is InChI=1S/C27H25F3N8O/c1-16-20-8-5-18(13-22(20)37(2)36-16)21-14-24(35-26(33-21)38-9-11-39-12-10-38)32-19-6-3-17(4-7-19)25-31-15-23(34-25)27(28,29)30/h3-8,13-15H,9-12H2,1-2H3,(H,31,34)(H,32,33,35). The van der Waals surface area contributed by atoms with E-state index >= 15 is 0 Å². The zero-order valence-electron chi connectivity index (χ0n) is 21.3. The van der Waals surface area contributed by atoms with Gasteiger partial charge in [0.05, 0.1) is 36.3 Å². The predicted molar refractivity (Wildman–Crippen MR) is 142 cm³/mol. The third-order valence-electron chi connectivity index (χ3n) is 6.65. The highest BCUT2D eigenvalue weighted by molar-refractivity contribution is 5.86. The number of morpholine rings is 1. The number of aromatic nitrogens is 6. The largest absolute Gasteiger partial charge is 0.432 e. The summed E-state index contributed by atoms with van der Waals surface area (Å²) >= 11 is 0. The molecule has 0 saturated carbocycles. The first kappa shape index (κ1) is 24.9. The molecule has 0 spiro atoms. The summed E-state index contributed by atoms with van der Waals surface area (Å²) in [5, 5.41) is 8.92. The topological polar surface area (TPSA) is 96.8 Å². The molecule has 3 aromatic heterocycles. The van der Waals surface area contributed by atoms with Crippen LogP contribution in [0.2, 0.25) is 0 Å². The Morgan fingerprint density at radius 1 is 0.974 bits per heavy atom. The highest BCUT2D eigenvalue weighted by atomic mass is 19.4. The molecular formula is C27H25F3N8O. The Kier molecular flexibility index (Phi) is 6.18. The first-order valence-electron chi connectivity index (χ1n) is 12.4. The van der Waals surface area contributed by atoms with E-state index in [0.717, 1.165) is 39.7 Å². The van der Waals surface area contributed by atoms with Gasteiger partial charge in [-0.15, -0.1) is 0 Å². The Hall–Kier alpha value is -4.45. The molecule has 1 aliphatic rings. The third kappa shape index (κ3) is 5.02. The van der Waals surface area contributed by atoms with E-state index in [-0.39, 0.29) is 5.82 Å². The monoisotopic (exact) mass is 534 g/mol. The molecule has 12 heteroatoms.